The molecule has 7 heteroatoms. The molecule has 36 heavy (non-hydrogen) atoms. The third-order valence-corrected chi connectivity index (χ3v) is 7.40. The van der Waals surface area contributed by atoms with Crippen LogP contribution in [0.3, 0.4) is 0 Å². The van der Waals surface area contributed by atoms with E-state index in [0.29, 0.717) is 17.6 Å². The van der Waals surface area contributed by atoms with Gasteiger partial charge in [0.2, 0.25) is 5.95 Å². The maximum absolute atomic E-state index is 6.25. The molecule has 2 aliphatic carbocycles. The van der Waals surface area contributed by atoms with Gasteiger partial charge >= 0.3 is 0 Å². The van der Waals surface area contributed by atoms with E-state index in [9.17, 15) is 0 Å². The van der Waals surface area contributed by atoms with Crippen LogP contribution in [0.25, 0.3) is 0 Å². The molecule has 1 saturated carbocycles. The third kappa shape index (κ3) is 9.72. The number of anilines is 2. The van der Waals surface area contributed by atoms with Crippen molar-refractivity contribution in [1.82, 2.24) is 20.6 Å². The minimum absolute atomic E-state index is 0.447. The van der Waals surface area contributed by atoms with Gasteiger partial charge in [0.05, 0.1) is 0 Å². The van der Waals surface area contributed by atoms with Gasteiger partial charge in [0.25, 0.3) is 0 Å². The highest BCUT2D eigenvalue weighted by Crippen LogP contribution is 2.21. The monoisotopic (exact) mass is 510 g/mol. The first-order valence-electron chi connectivity index (χ1n) is 14.0. The summed E-state index contributed by atoms with van der Waals surface area (Å²) in [6.45, 7) is 4.59. The van der Waals surface area contributed by atoms with E-state index in [1.807, 2.05) is 0 Å². The van der Waals surface area contributed by atoms with Crippen molar-refractivity contribution in [2.45, 2.75) is 89.8 Å². The van der Waals surface area contributed by atoms with Crippen LogP contribution in [-0.4, -0.2) is 35.6 Å². The van der Waals surface area contributed by atoms with Gasteiger partial charge in [0.15, 0.2) is 0 Å². The molecule has 0 bridgehead atoms. The van der Waals surface area contributed by atoms with Crippen LogP contribution >= 0.6 is 11.6 Å². The van der Waals surface area contributed by atoms with Crippen molar-refractivity contribution in [3.05, 3.63) is 58.3 Å². The fourth-order valence-corrected chi connectivity index (χ4v) is 5.27. The highest BCUT2D eigenvalue weighted by atomic mass is 35.5. The second-order valence-corrected chi connectivity index (χ2v) is 10.6. The van der Waals surface area contributed by atoms with E-state index in [2.05, 4.69) is 61.6 Å². The molecule has 1 aromatic carbocycles. The Morgan fingerprint density at radius 1 is 0.833 bits per heavy atom. The molecule has 2 aliphatic rings. The molecule has 0 atom stereocenters. The average Bonchev–Trinajstić information content (AvgIpc) is 2.91. The van der Waals surface area contributed by atoms with Crippen LogP contribution < -0.4 is 21.3 Å². The van der Waals surface area contributed by atoms with Crippen LogP contribution in [0.2, 0.25) is 5.15 Å². The van der Waals surface area contributed by atoms with Gasteiger partial charge in [-0.25, -0.2) is 4.98 Å². The maximum Gasteiger partial charge on any atom is 0.226 e. The number of benzene rings is 1. The molecule has 196 valence electrons. The largest absolute Gasteiger partial charge is 0.370 e. The van der Waals surface area contributed by atoms with E-state index < -0.39 is 0 Å². The van der Waals surface area contributed by atoms with Gasteiger partial charge in [-0.2, -0.15) is 4.98 Å². The predicted molar refractivity (Wildman–Crippen MR) is 152 cm³/mol. The maximum atomic E-state index is 6.25. The number of allylic oxidation sites excluding steroid dienone is 1. The smallest absolute Gasteiger partial charge is 0.226 e. The SMILES string of the molecule is Clc1cc(NCCC2=CCCCC2)nc(NCc2ccc(CNCCCNC3CCCCC3)cc2)n1. The van der Waals surface area contributed by atoms with Crippen LogP contribution in [0, 0.1) is 0 Å². The zero-order valence-corrected chi connectivity index (χ0v) is 22.4. The fraction of sp³-hybridized carbons (Fsp3) is 0.586. The van der Waals surface area contributed by atoms with Crippen LogP contribution in [0.5, 0.6) is 0 Å². The lowest BCUT2D eigenvalue weighted by Crippen LogP contribution is -2.33. The normalized spacial score (nSPS) is 16.5. The average molecular weight is 511 g/mol. The highest BCUT2D eigenvalue weighted by molar-refractivity contribution is 6.29. The summed E-state index contributed by atoms with van der Waals surface area (Å²) in [6, 6.07) is 11.2. The highest BCUT2D eigenvalue weighted by Gasteiger charge is 2.11. The standard InChI is InChI=1S/C29H43ClN6/c30-27-20-28(33-19-16-23-8-3-1-4-9-23)36-29(35-27)34-22-25-14-12-24(13-15-25)21-31-17-7-18-32-26-10-5-2-6-11-26/h8,12-15,20,26,31-32H,1-7,9-11,16-19,21-22H2,(H2,33,34,35,36). The first-order chi connectivity index (χ1) is 17.7. The van der Waals surface area contributed by atoms with Crippen molar-refractivity contribution in [2.75, 3.05) is 30.3 Å². The zero-order chi connectivity index (χ0) is 24.8. The van der Waals surface area contributed by atoms with Gasteiger partial charge in [0, 0.05) is 31.7 Å². The number of rotatable bonds is 14. The molecule has 0 aliphatic heterocycles. The molecule has 1 fully saturated rings. The van der Waals surface area contributed by atoms with Crippen molar-refractivity contribution in [3.8, 4) is 0 Å². The molecule has 2 aromatic rings. The molecule has 0 amide bonds. The van der Waals surface area contributed by atoms with Crippen molar-refractivity contribution < 1.29 is 0 Å². The summed E-state index contributed by atoms with van der Waals surface area (Å²) in [6.07, 6.45) is 16.6. The van der Waals surface area contributed by atoms with Crippen molar-refractivity contribution in [2.24, 2.45) is 0 Å². The van der Waals surface area contributed by atoms with Gasteiger partial charge in [0.1, 0.15) is 11.0 Å². The second kappa shape index (κ2) is 15.2. The molecule has 0 spiro atoms. The topological polar surface area (TPSA) is 73.9 Å². The minimum Gasteiger partial charge on any atom is -0.370 e. The summed E-state index contributed by atoms with van der Waals surface area (Å²) in [4.78, 5) is 8.93. The lowest BCUT2D eigenvalue weighted by molar-refractivity contribution is 0.371. The Morgan fingerprint density at radius 3 is 2.42 bits per heavy atom. The van der Waals surface area contributed by atoms with Gasteiger partial charge in [-0.05, 0) is 75.6 Å². The molecule has 4 rings (SSSR count). The van der Waals surface area contributed by atoms with Gasteiger partial charge in [-0.1, -0.05) is 66.8 Å². The Bertz CT molecular complexity index is 939. The molecular weight excluding hydrogens is 468 g/mol. The van der Waals surface area contributed by atoms with E-state index >= 15 is 0 Å². The Balaban J connectivity index is 1.13. The molecule has 0 radical (unpaired) electrons. The van der Waals surface area contributed by atoms with E-state index in [4.69, 9.17) is 11.6 Å². The first-order valence-corrected chi connectivity index (χ1v) is 14.3. The molecule has 0 unspecified atom stereocenters. The van der Waals surface area contributed by atoms with E-state index in [-0.39, 0.29) is 0 Å². The Hall–Kier alpha value is -2.15. The molecular formula is C29H43ClN6. The zero-order valence-electron chi connectivity index (χ0n) is 21.6. The van der Waals surface area contributed by atoms with Crippen molar-refractivity contribution >= 4 is 23.4 Å². The lowest BCUT2D eigenvalue weighted by atomic mass is 9.95. The summed E-state index contributed by atoms with van der Waals surface area (Å²) in [7, 11) is 0. The minimum atomic E-state index is 0.447. The van der Waals surface area contributed by atoms with E-state index in [1.54, 1.807) is 11.6 Å². The van der Waals surface area contributed by atoms with Crippen molar-refractivity contribution in [3.63, 3.8) is 0 Å². The number of nitrogens with zero attached hydrogens (tertiary/aromatic N) is 2. The molecule has 4 N–H and O–H groups in total. The van der Waals surface area contributed by atoms with E-state index in [0.717, 1.165) is 44.5 Å². The Morgan fingerprint density at radius 2 is 1.64 bits per heavy atom. The van der Waals surface area contributed by atoms with Gasteiger partial charge < -0.3 is 21.3 Å². The van der Waals surface area contributed by atoms with Crippen LogP contribution in [0.4, 0.5) is 11.8 Å². The van der Waals surface area contributed by atoms with Gasteiger partial charge in [-0.15, -0.1) is 0 Å². The third-order valence-electron chi connectivity index (χ3n) is 7.20. The number of hydrogen-bond acceptors (Lipinski definition) is 6. The van der Waals surface area contributed by atoms with Crippen LogP contribution in [-0.2, 0) is 13.1 Å². The Kier molecular flexibility index (Phi) is 11.3. The van der Waals surface area contributed by atoms with Crippen molar-refractivity contribution in [1.29, 1.82) is 0 Å². The number of nitrogens with one attached hydrogen (secondary N) is 4. The quantitative estimate of drug-likeness (QED) is 0.133. The number of hydrogen-bond donors (Lipinski definition) is 4. The lowest BCUT2D eigenvalue weighted by Gasteiger charge is -2.22. The second-order valence-electron chi connectivity index (χ2n) is 10.2. The van der Waals surface area contributed by atoms with Crippen LogP contribution in [0.1, 0.15) is 81.8 Å². The molecule has 0 saturated heterocycles. The summed E-state index contributed by atoms with van der Waals surface area (Å²) in [5.74, 6) is 1.32. The molecule has 1 aromatic heterocycles. The molecule has 6 nitrogen and oxygen atoms in total. The summed E-state index contributed by atoms with van der Waals surface area (Å²) in [5, 5.41) is 14.4. The summed E-state index contributed by atoms with van der Waals surface area (Å²) in [5.41, 5.74) is 4.05. The number of halogens is 1. The summed E-state index contributed by atoms with van der Waals surface area (Å²) >= 11 is 6.25. The number of aromatic nitrogens is 2. The predicted octanol–water partition coefficient (Wildman–Crippen LogP) is 6.45. The first kappa shape index (κ1) is 26.9. The van der Waals surface area contributed by atoms with Gasteiger partial charge in [-0.3, -0.25) is 0 Å². The molecule has 1 heterocycles. The fourth-order valence-electron chi connectivity index (χ4n) is 5.09. The van der Waals surface area contributed by atoms with Crippen LogP contribution in [0.15, 0.2) is 42.0 Å². The Labute approximate surface area is 222 Å². The van der Waals surface area contributed by atoms with E-state index in [1.165, 1.54) is 75.3 Å². The summed E-state index contributed by atoms with van der Waals surface area (Å²) < 4.78 is 0.